The molecule has 0 saturated carbocycles. The summed E-state index contributed by atoms with van der Waals surface area (Å²) in [6.07, 6.45) is 2.02. The van der Waals surface area contributed by atoms with Gasteiger partial charge in [0.15, 0.2) is 14.6 Å². The highest BCUT2D eigenvalue weighted by Gasteiger charge is 2.41. The molecule has 5 N–H and O–H groups in total. The molecule has 4 amide bonds. The van der Waals surface area contributed by atoms with Crippen LogP contribution >= 0.6 is 0 Å². The predicted octanol–water partition coefficient (Wildman–Crippen LogP) is 6.37. The second kappa shape index (κ2) is 24.6. The monoisotopic (exact) mass is 775 g/mol. The molecule has 0 aliphatic carbocycles. The highest BCUT2D eigenvalue weighted by atomic mass is 28.4. The van der Waals surface area contributed by atoms with Gasteiger partial charge in [-0.1, -0.05) is 33.6 Å². The van der Waals surface area contributed by atoms with E-state index in [1.807, 2.05) is 26.9 Å². The zero-order valence-electron chi connectivity index (χ0n) is 35.2. The van der Waals surface area contributed by atoms with Gasteiger partial charge in [-0.25, -0.2) is 14.5 Å². The SMILES string of the molecule is CCOC(CCNCCCCNC(=O)C(NC(=O)CCCCCCN(C(=N)NC(=O)OC(C)(C)C)C(=O)OC(C)(C)C)O[Si](C)(C)C(C)(C)C)OCC. The maximum Gasteiger partial charge on any atom is 0.417 e. The molecular formula is C37H74N6O9Si. The Hall–Kier alpha value is -2.79. The van der Waals surface area contributed by atoms with Crippen LogP contribution in [0.4, 0.5) is 9.59 Å². The van der Waals surface area contributed by atoms with Crippen molar-refractivity contribution in [2.75, 3.05) is 39.4 Å². The molecule has 0 aromatic heterocycles. The van der Waals surface area contributed by atoms with E-state index in [1.54, 1.807) is 41.5 Å². The van der Waals surface area contributed by atoms with Crippen LogP contribution in [0.2, 0.25) is 18.1 Å². The fraction of sp³-hybridized carbons (Fsp3) is 0.865. The number of unbranched alkanes of at least 4 members (excludes halogenated alkanes) is 4. The smallest absolute Gasteiger partial charge is 0.417 e. The Morgan fingerprint density at radius 3 is 1.87 bits per heavy atom. The minimum Gasteiger partial charge on any atom is -0.444 e. The summed E-state index contributed by atoms with van der Waals surface area (Å²) in [5.41, 5.74) is -1.57. The van der Waals surface area contributed by atoms with Gasteiger partial charge in [-0.15, -0.1) is 0 Å². The van der Waals surface area contributed by atoms with Crippen LogP contribution in [-0.2, 0) is 33.0 Å². The molecule has 0 saturated heterocycles. The molecular weight excluding hydrogens is 701 g/mol. The molecule has 53 heavy (non-hydrogen) atoms. The lowest BCUT2D eigenvalue weighted by atomic mass is 10.1. The molecule has 15 nitrogen and oxygen atoms in total. The van der Waals surface area contributed by atoms with E-state index in [2.05, 4.69) is 42.0 Å². The van der Waals surface area contributed by atoms with Crippen LogP contribution in [0.3, 0.4) is 0 Å². The number of hydrogen-bond acceptors (Lipinski definition) is 11. The number of hydrogen-bond donors (Lipinski definition) is 5. The van der Waals surface area contributed by atoms with Crippen LogP contribution < -0.4 is 21.3 Å². The van der Waals surface area contributed by atoms with Gasteiger partial charge in [-0.2, -0.15) is 0 Å². The van der Waals surface area contributed by atoms with Crippen molar-refractivity contribution in [3.8, 4) is 0 Å². The third-order valence-corrected chi connectivity index (χ3v) is 12.6. The van der Waals surface area contributed by atoms with Crippen LogP contribution in [0.5, 0.6) is 0 Å². The Kier molecular flexibility index (Phi) is 23.3. The van der Waals surface area contributed by atoms with E-state index in [-0.39, 0.29) is 36.1 Å². The van der Waals surface area contributed by atoms with Gasteiger partial charge in [0.05, 0.1) is 0 Å². The Morgan fingerprint density at radius 1 is 0.755 bits per heavy atom. The lowest BCUT2D eigenvalue weighted by Gasteiger charge is -2.38. The van der Waals surface area contributed by atoms with Crippen LogP contribution in [0.15, 0.2) is 0 Å². The molecule has 0 aromatic carbocycles. The fourth-order valence-corrected chi connectivity index (χ4v) is 5.55. The van der Waals surface area contributed by atoms with Crippen molar-refractivity contribution in [3.05, 3.63) is 0 Å². The standard InChI is InChI=1S/C37H74N6O9Si/c1-14-48-29(49-15-2)23-26-39-24-19-20-25-40-30(45)31(52-53(12,13)37(9,10)11)41-28(44)22-18-16-17-21-27-43(34(47)51-36(6,7)8)32(38)42-33(46)50-35(3,4)5/h29,31,39H,14-27H2,1-13H3,(H,40,45)(H,41,44)(H2,38,42,46). The van der Waals surface area contributed by atoms with E-state index < -0.39 is 43.9 Å². The quantitative estimate of drug-likeness (QED) is 0.0256. The van der Waals surface area contributed by atoms with Gasteiger partial charge in [0.2, 0.25) is 18.1 Å². The number of guanidine groups is 1. The van der Waals surface area contributed by atoms with Crippen LogP contribution in [0.25, 0.3) is 0 Å². The Morgan fingerprint density at radius 2 is 1.32 bits per heavy atom. The Labute approximate surface area is 320 Å². The molecule has 1 atom stereocenters. The lowest BCUT2D eigenvalue weighted by molar-refractivity contribution is -0.138. The van der Waals surface area contributed by atoms with Crippen molar-refractivity contribution in [2.45, 2.75) is 169 Å². The highest BCUT2D eigenvalue weighted by molar-refractivity contribution is 6.74. The van der Waals surface area contributed by atoms with Gasteiger partial charge in [-0.3, -0.25) is 20.3 Å². The molecule has 0 heterocycles. The number of nitrogens with zero attached hydrogens (tertiary/aromatic N) is 1. The topological polar surface area (TPSA) is 190 Å². The molecule has 0 radical (unpaired) electrons. The maximum atomic E-state index is 13.3. The summed E-state index contributed by atoms with van der Waals surface area (Å²) >= 11 is 0. The van der Waals surface area contributed by atoms with Crippen LogP contribution in [-0.4, -0.2) is 106 Å². The second-order valence-corrected chi connectivity index (χ2v) is 21.2. The minimum atomic E-state index is -2.40. The average Bonchev–Trinajstić information content (AvgIpc) is 2.98. The molecule has 0 aliphatic heterocycles. The van der Waals surface area contributed by atoms with Gasteiger partial charge in [0, 0.05) is 39.1 Å². The second-order valence-electron chi connectivity index (χ2n) is 16.5. The zero-order valence-corrected chi connectivity index (χ0v) is 36.2. The molecule has 0 aliphatic rings. The summed E-state index contributed by atoms with van der Waals surface area (Å²) in [6, 6.07) is 0. The summed E-state index contributed by atoms with van der Waals surface area (Å²) in [5, 5.41) is 19.6. The summed E-state index contributed by atoms with van der Waals surface area (Å²) < 4.78 is 28.2. The van der Waals surface area contributed by atoms with E-state index in [0.717, 1.165) is 37.3 Å². The molecule has 310 valence electrons. The van der Waals surface area contributed by atoms with Crippen LogP contribution in [0.1, 0.15) is 128 Å². The van der Waals surface area contributed by atoms with Gasteiger partial charge >= 0.3 is 12.2 Å². The molecule has 0 spiro atoms. The number of carbonyl (C=O) groups excluding carboxylic acids is 4. The Balaban J connectivity index is 5.01. The van der Waals surface area contributed by atoms with E-state index >= 15 is 0 Å². The molecule has 0 rings (SSSR count). The third kappa shape index (κ3) is 24.3. The van der Waals surface area contributed by atoms with E-state index in [1.165, 1.54) is 0 Å². The number of ether oxygens (including phenoxy) is 4. The summed E-state index contributed by atoms with van der Waals surface area (Å²) in [4.78, 5) is 52.4. The number of amides is 4. The largest absolute Gasteiger partial charge is 0.444 e. The first-order valence-corrected chi connectivity index (χ1v) is 22.1. The van der Waals surface area contributed by atoms with Gasteiger partial charge < -0.3 is 39.3 Å². The van der Waals surface area contributed by atoms with E-state index in [0.29, 0.717) is 45.4 Å². The lowest BCUT2D eigenvalue weighted by Crippen LogP contribution is -2.55. The van der Waals surface area contributed by atoms with Crippen molar-refractivity contribution in [2.24, 2.45) is 0 Å². The first kappa shape index (κ1) is 50.2. The normalized spacial score (nSPS) is 12.9. The average molecular weight is 775 g/mol. The summed E-state index contributed by atoms with van der Waals surface area (Å²) in [7, 11) is -2.40. The minimum absolute atomic E-state index is 0.122. The number of rotatable bonds is 23. The van der Waals surface area contributed by atoms with E-state index in [4.69, 9.17) is 28.8 Å². The summed E-state index contributed by atoms with van der Waals surface area (Å²) in [6.45, 7) is 27.8. The van der Waals surface area contributed by atoms with Gasteiger partial charge in [0.25, 0.3) is 5.91 Å². The maximum absolute atomic E-state index is 13.3. The van der Waals surface area contributed by atoms with Crippen molar-refractivity contribution in [1.29, 1.82) is 5.41 Å². The first-order chi connectivity index (χ1) is 24.4. The molecule has 1 unspecified atom stereocenters. The first-order valence-electron chi connectivity index (χ1n) is 19.2. The van der Waals surface area contributed by atoms with E-state index in [9.17, 15) is 19.2 Å². The fourth-order valence-electron chi connectivity index (χ4n) is 4.44. The number of carbonyl (C=O) groups is 4. The van der Waals surface area contributed by atoms with Gasteiger partial charge in [0.1, 0.15) is 11.2 Å². The Bertz CT molecular complexity index is 1110. The molecule has 0 bridgehead atoms. The zero-order chi connectivity index (χ0) is 40.9. The van der Waals surface area contributed by atoms with Crippen LogP contribution in [0, 0.1) is 5.41 Å². The van der Waals surface area contributed by atoms with Crippen molar-refractivity contribution >= 4 is 38.3 Å². The molecule has 16 heteroatoms. The van der Waals surface area contributed by atoms with Crippen molar-refractivity contribution < 1.29 is 42.6 Å². The van der Waals surface area contributed by atoms with Gasteiger partial charge in [-0.05, 0) is 112 Å². The number of nitrogens with one attached hydrogen (secondary N) is 5. The summed E-state index contributed by atoms with van der Waals surface area (Å²) in [5.74, 6) is -1.10. The predicted molar refractivity (Wildman–Crippen MR) is 210 cm³/mol. The highest BCUT2D eigenvalue weighted by Crippen LogP contribution is 2.37. The van der Waals surface area contributed by atoms with Crippen molar-refractivity contribution in [3.63, 3.8) is 0 Å². The number of alkyl carbamates (subject to hydrolysis) is 1. The molecule has 0 aromatic rings. The van der Waals surface area contributed by atoms with Crippen molar-refractivity contribution in [1.82, 2.24) is 26.2 Å². The molecule has 0 fully saturated rings. The third-order valence-electron chi connectivity index (χ3n) is 8.13.